The van der Waals surface area contributed by atoms with Gasteiger partial charge in [-0.25, -0.2) is 9.89 Å². The zero-order valence-corrected chi connectivity index (χ0v) is 18.0. The summed E-state index contributed by atoms with van der Waals surface area (Å²) in [5.74, 6) is 2.30. The smallest absolute Gasteiger partial charge is 0.343 e. The molecule has 0 saturated heterocycles. The van der Waals surface area contributed by atoms with Crippen molar-refractivity contribution in [2.75, 3.05) is 0 Å². The van der Waals surface area contributed by atoms with Crippen LogP contribution in [0.5, 0.6) is 0 Å². The van der Waals surface area contributed by atoms with Gasteiger partial charge >= 0.3 is 5.69 Å². The Labute approximate surface area is 175 Å². The molecule has 7 heteroatoms. The first-order valence-corrected chi connectivity index (χ1v) is 11.6. The van der Waals surface area contributed by atoms with Gasteiger partial charge in [-0.15, -0.1) is 5.10 Å². The summed E-state index contributed by atoms with van der Waals surface area (Å²) in [6.07, 6.45) is 6.03. The third-order valence-corrected chi connectivity index (χ3v) is 7.74. The predicted octanol–water partition coefficient (Wildman–Crippen LogP) is 3.24. The van der Waals surface area contributed by atoms with E-state index in [2.05, 4.69) is 22.4 Å². The van der Waals surface area contributed by atoms with E-state index in [1.54, 1.807) is 4.57 Å². The van der Waals surface area contributed by atoms with Crippen molar-refractivity contribution < 1.29 is 4.79 Å². The highest BCUT2D eigenvalue weighted by atomic mass is 32.2. The van der Waals surface area contributed by atoms with Crippen LogP contribution in [0.3, 0.4) is 0 Å². The van der Waals surface area contributed by atoms with E-state index < -0.39 is 0 Å². The van der Waals surface area contributed by atoms with E-state index in [0.29, 0.717) is 17.6 Å². The molecule has 6 nitrogen and oxygen atoms in total. The van der Waals surface area contributed by atoms with Gasteiger partial charge in [-0.2, -0.15) is 0 Å². The summed E-state index contributed by atoms with van der Waals surface area (Å²) < 4.78 is 1.63. The second kappa shape index (κ2) is 8.78. The molecule has 2 aromatic rings. The van der Waals surface area contributed by atoms with Gasteiger partial charge in [-0.1, -0.05) is 48.5 Å². The Morgan fingerprint density at radius 3 is 2.76 bits per heavy atom. The number of aromatic amines is 1. The molecule has 4 rings (SSSR count). The quantitative estimate of drug-likeness (QED) is 0.650. The molecule has 1 aromatic heterocycles. The number of H-pyrrole nitrogens is 1. The lowest BCUT2D eigenvalue weighted by atomic mass is 9.84. The fourth-order valence-electron chi connectivity index (χ4n) is 5.04. The van der Waals surface area contributed by atoms with Crippen molar-refractivity contribution in [3.05, 3.63) is 46.4 Å². The zero-order valence-electron chi connectivity index (χ0n) is 17.1. The number of aromatic nitrogens is 3. The minimum absolute atomic E-state index is 0.0235. The van der Waals surface area contributed by atoms with Crippen molar-refractivity contribution in [2.24, 2.45) is 17.8 Å². The fraction of sp³-hybridized carbons (Fsp3) is 0.591. The number of aryl methyl sites for hydroxylation is 1. The van der Waals surface area contributed by atoms with Crippen LogP contribution < -0.4 is 11.0 Å². The van der Waals surface area contributed by atoms with Gasteiger partial charge in [0.1, 0.15) is 0 Å². The SMILES string of the molecule is C[C@H](Sc1n[nH]c(=O)n1CCc1ccccc1)C(=O)N[C@H](C)[C@@H]1C[C@H]2CC[C@H]1C2. The molecule has 2 N–H and O–H groups in total. The van der Waals surface area contributed by atoms with Gasteiger partial charge in [0.15, 0.2) is 5.16 Å². The highest BCUT2D eigenvalue weighted by Gasteiger charge is 2.42. The standard InChI is InChI=1S/C22H30N4O2S/c1-14(19-13-17-8-9-18(19)12-17)23-20(27)15(2)29-22-25-24-21(28)26(22)11-10-16-6-4-3-5-7-16/h3-7,14-15,17-19H,8-13H2,1-2H3,(H,23,27)(H,24,28)/t14-,15+,17+,18+,19+/m1/s1. The summed E-state index contributed by atoms with van der Waals surface area (Å²) >= 11 is 1.34. The monoisotopic (exact) mass is 414 g/mol. The molecule has 1 aromatic carbocycles. The van der Waals surface area contributed by atoms with E-state index in [9.17, 15) is 9.59 Å². The minimum atomic E-state index is -0.304. The van der Waals surface area contributed by atoms with Crippen LogP contribution in [0.2, 0.25) is 0 Å². The molecule has 0 spiro atoms. The molecule has 0 radical (unpaired) electrons. The molecule has 1 heterocycles. The summed E-state index contributed by atoms with van der Waals surface area (Å²) in [7, 11) is 0. The average molecular weight is 415 g/mol. The van der Waals surface area contributed by atoms with Crippen molar-refractivity contribution in [2.45, 2.75) is 68.9 Å². The van der Waals surface area contributed by atoms with Crippen molar-refractivity contribution in [1.82, 2.24) is 20.1 Å². The molecule has 2 saturated carbocycles. The van der Waals surface area contributed by atoms with Gasteiger partial charge in [-0.3, -0.25) is 9.36 Å². The lowest BCUT2D eigenvalue weighted by Crippen LogP contribution is -2.43. The number of hydrogen-bond acceptors (Lipinski definition) is 4. The summed E-state index contributed by atoms with van der Waals surface area (Å²) in [5, 5.41) is 10.2. The van der Waals surface area contributed by atoms with Crippen LogP contribution in [0.25, 0.3) is 0 Å². The first kappa shape index (κ1) is 20.3. The molecular weight excluding hydrogens is 384 g/mol. The zero-order chi connectivity index (χ0) is 20.4. The highest BCUT2D eigenvalue weighted by molar-refractivity contribution is 8.00. The number of fused-ring (bicyclic) bond motifs is 2. The number of thioether (sulfide) groups is 1. The third kappa shape index (κ3) is 4.60. The maximum atomic E-state index is 12.8. The lowest BCUT2D eigenvalue weighted by molar-refractivity contribution is -0.121. The minimum Gasteiger partial charge on any atom is -0.352 e. The molecule has 0 aliphatic heterocycles. The van der Waals surface area contributed by atoms with E-state index in [-0.39, 0.29) is 22.9 Å². The van der Waals surface area contributed by atoms with E-state index in [0.717, 1.165) is 18.3 Å². The summed E-state index contributed by atoms with van der Waals surface area (Å²) in [6, 6.07) is 10.3. The second-order valence-corrected chi connectivity index (χ2v) is 9.90. The molecule has 5 atom stereocenters. The fourth-order valence-corrected chi connectivity index (χ4v) is 5.93. The lowest BCUT2D eigenvalue weighted by Gasteiger charge is -2.29. The molecule has 2 fully saturated rings. The number of nitrogens with zero attached hydrogens (tertiary/aromatic N) is 2. The average Bonchev–Trinajstić information content (AvgIpc) is 3.44. The van der Waals surface area contributed by atoms with Gasteiger partial charge in [0, 0.05) is 12.6 Å². The van der Waals surface area contributed by atoms with Crippen LogP contribution in [0, 0.1) is 17.8 Å². The van der Waals surface area contributed by atoms with Gasteiger partial charge in [0.05, 0.1) is 5.25 Å². The first-order valence-electron chi connectivity index (χ1n) is 10.7. The van der Waals surface area contributed by atoms with Crippen molar-refractivity contribution in [3.8, 4) is 0 Å². The number of amides is 1. The number of carbonyl (C=O) groups is 1. The van der Waals surface area contributed by atoms with E-state index in [1.807, 2.05) is 37.3 Å². The molecule has 1 amide bonds. The Balaban J connectivity index is 1.33. The van der Waals surface area contributed by atoms with Crippen LogP contribution in [0.15, 0.2) is 40.3 Å². The molecule has 2 aliphatic carbocycles. The number of rotatable bonds is 8. The molecule has 156 valence electrons. The molecular formula is C22H30N4O2S. The number of hydrogen-bond donors (Lipinski definition) is 2. The van der Waals surface area contributed by atoms with Crippen molar-refractivity contribution >= 4 is 17.7 Å². The molecule has 2 bridgehead atoms. The van der Waals surface area contributed by atoms with E-state index >= 15 is 0 Å². The predicted molar refractivity (Wildman–Crippen MR) is 115 cm³/mol. The third-order valence-electron chi connectivity index (χ3n) is 6.65. The maximum Gasteiger partial charge on any atom is 0.343 e. The summed E-state index contributed by atoms with van der Waals surface area (Å²) in [5.41, 5.74) is 0.938. The first-order chi connectivity index (χ1) is 14.0. The van der Waals surface area contributed by atoms with Crippen LogP contribution in [0.4, 0.5) is 0 Å². The number of benzene rings is 1. The normalized spacial score (nSPS) is 25.1. The van der Waals surface area contributed by atoms with Gasteiger partial charge in [0.25, 0.3) is 0 Å². The van der Waals surface area contributed by atoms with Crippen LogP contribution in [-0.2, 0) is 17.8 Å². The van der Waals surface area contributed by atoms with Crippen LogP contribution >= 0.6 is 11.8 Å². The Bertz CT molecular complexity index is 894. The Morgan fingerprint density at radius 2 is 2.07 bits per heavy atom. The molecule has 29 heavy (non-hydrogen) atoms. The maximum absolute atomic E-state index is 12.8. The summed E-state index contributed by atoms with van der Waals surface area (Å²) in [4.78, 5) is 24.9. The Kier molecular flexibility index (Phi) is 6.13. The Morgan fingerprint density at radius 1 is 1.28 bits per heavy atom. The molecule has 0 unspecified atom stereocenters. The van der Waals surface area contributed by atoms with Gasteiger partial charge in [0.2, 0.25) is 5.91 Å². The van der Waals surface area contributed by atoms with Crippen molar-refractivity contribution in [1.29, 1.82) is 0 Å². The number of carbonyl (C=O) groups excluding carboxylic acids is 1. The summed E-state index contributed by atoms with van der Waals surface area (Å²) in [6.45, 7) is 4.57. The highest BCUT2D eigenvalue weighted by Crippen LogP contribution is 2.49. The van der Waals surface area contributed by atoms with Crippen LogP contribution in [-0.4, -0.2) is 32.0 Å². The largest absolute Gasteiger partial charge is 0.352 e. The topological polar surface area (TPSA) is 79.8 Å². The molecule has 2 aliphatic rings. The number of nitrogens with one attached hydrogen (secondary N) is 2. The second-order valence-electron chi connectivity index (χ2n) is 8.59. The van der Waals surface area contributed by atoms with Gasteiger partial charge < -0.3 is 5.32 Å². The Hall–Kier alpha value is -2.02. The van der Waals surface area contributed by atoms with E-state index in [4.69, 9.17) is 0 Å². The van der Waals surface area contributed by atoms with Crippen LogP contribution in [0.1, 0.15) is 45.1 Å². The van der Waals surface area contributed by atoms with E-state index in [1.165, 1.54) is 43.0 Å². The van der Waals surface area contributed by atoms with Crippen molar-refractivity contribution in [3.63, 3.8) is 0 Å². The van der Waals surface area contributed by atoms with Gasteiger partial charge in [-0.05, 0) is 62.8 Å².